The summed E-state index contributed by atoms with van der Waals surface area (Å²) in [7, 11) is 0. The van der Waals surface area contributed by atoms with Gasteiger partial charge >= 0.3 is 0 Å². The Morgan fingerprint density at radius 2 is 2.12 bits per heavy atom. The molecule has 1 saturated carbocycles. The smallest absolute Gasteiger partial charge is 0.0673 e. The van der Waals surface area contributed by atoms with Crippen LogP contribution in [0.2, 0.25) is 0 Å². The Hall–Kier alpha value is -1.00. The zero-order chi connectivity index (χ0) is 12.1. The molecule has 1 heterocycles. The van der Waals surface area contributed by atoms with Gasteiger partial charge in [-0.3, -0.25) is 0 Å². The fraction of sp³-hybridized carbons (Fsp3) is 0.692. The van der Waals surface area contributed by atoms with Gasteiger partial charge in [0.2, 0.25) is 0 Å². The largest absolute Gasteiger partial charge is 0.313 e. The Balaban J connectivity index is 1.74. The molecule has 17 heavy (non-hydrogen) atoms. The number of nitrogens with zero attached hydrogens (tertiary/aromatic N) is 2. The summed E-state index contributed by atoms with van der Waals surface area (Å²) in [6, 6.07) is 2.93. The summed E-state index contributed by atoms with van der Waals surface area (Å²) in [4.78, 5) is 0. The molecule has 4 nitrogen and oxygen atoms in total. The molecule has 1 aliphatic carbocycles. The Bertz CT molecular complexity index is 360. The van der Waals surface area contributed by atoms with Crippen molar-refractivity contribution in [3.63, 3.8) is 0 Å². The van der Waals surface area contributed by atoms with Gasteiger partial charge in [-0.2, -0.15) is 10.2 Å². The number of aromatic nitrogens is 2. The Labute approximate surface area is 103 Å². The molecular weight excluding hydrogens is 212 g/mol. The fourth-order valence-corrected chi connectivity index (χ4v) is 1.89. The van der Waals surface area contributed by atoms with Gasteiger partial charge in [-0.25, -0.2) is 0 Å². The van der Waals surface area contributed by atoms with E-state index in [2.05, 4.69) is 33.8 Å². The standard InChI is InChI=1S/C13H22N4/c1-3-13-11(8-10(2)16-17-13)9-14-6-7-15-12-4-5-12/h8,12,14-15H,3-7,9H2,1-2H3. The second-order valence-electron chi connectivity index (χ2n) is 4.72. The van der Waals surface area contributed by atoms with Crippen LogP contribution in [0.25, 0.3) is 0 Å². The first-order valence-electron chi connectivity index (χ1n) is 6.55. The monoisotopic (exact) mass is 234 g/mol. The van der Waals surface area contributed by atoms with Crippen molar-refractivity contribution in [1.29, 1.82) is 0 Å². The molecule has 2 N–H and O–H groups in total. The van der Waals surface area contributed by atoms with Crippen LogP contribution >= 0.6 is 0 Å². The molecule has 0 radical (unpaired) electrons. The molecule has 0 saturated heterocycles. The van der Waals surface area contributed by atoms with Crippen molar-refractivity contribution in [2.75, 3.05) is 13.1 Å². The van der Waals surface area contributed by atoms with E-state index in [-0.39, 0.29) is 0 Å². The zero-order valence-electron chi connectivity index (χ0n) is 10.8. The average molecular weight is 234 g/mol. The van der Waals surface area contributed by atoms with Crippen LogP contribution in [-0.4, -0.2) is 29.3 Å². The van der Waals surface area contributed by atoms with Gasteiger partial charge in [-0.15, -0.1) is 0 Å². The van der Waals surface area contributed by atoms with E-state index in [4.69, 9.17) is 0 Å². The molecule has 94 valence electrons. The minimum absolute atomic E-state index is 0.799. The maximum Gasteiger partial charge on any atom is 0.0673 e. The van der Waals surface area contributed by atoms with Gasteiger partial charge in [0.1, 0.15) is 0 Å². The van der Waals surface area contributed by atoms with Crippen LogP contribution in [0.15, 0.2) is 6.07 Å². The quantitative estimate of drug-likeness (QED) is 0.696. The number of hydrogen-bond donors (Lipinski definition) is 2. The van der Waals surface area contributed by atoms with Crippen LogP contribution in [0.3, 0.4) is 0 Å². The highest BCUT2D eigenvalue weighted by Gasteiger charge is 2.19. The van der Waals surface area contributed by atoms with E-state index in [9.17, 15) is 0 Å². The lowest BCUT2D eigenvalue weighted by Gasteiger charge is -2.09. The molecule has 0 spiro atoms. The zero-order valence-corrected chi connectivity index (χ0v) is 10.8. The molecule has 1 aromatic heterocycles. The number of nitrogens with one attached hydrogen (secondary N) is 2. The SMILES string of the molecule is CCc1nnc(C)cc1CNCCNC1CC1. The van der Waals surface area contributed by atoms with Crippen LogP contribution in [0, 0.1) is 6.92 Å². The van der Waals surface area contributed by atoms with Crippen molar-refractivity contribution in [2.45, 2.75) is 45.7 Å². The van der Waals surface area contributed by atoms with Gasteiger partial charge in [0.05, 0.1) is 11.4 Å². The maximum absolute atomic E-state index is 4.23. The third kappa shape index (κ3) is 4.06. The minimum Gasteiger partial charge on any atom is -0.313 e. The lowest BCUT2D eigenvalue weighted by molar-refractivity contribution is 0.604. The third-order valence-corrected chi connectivity index (χ3v) is 3.04. The lowest BCUT2D eigenvalue weighted by atomic mass is 10.1. The highest BCUT2D eigenvalue weighted by atomic mass is 15.1. The molecule has 0 amide bonds. The van der Waals surface area contributed by atoms with E-state index >= 15 is 0 Å². The van der Waals surface area contributed by atoms with Crippen molar-refractivity contribution in [1.82, 2.24) is 20.8 Å². The fourth-order valence-electron chi connectivity index (χ4n) is 1.89. The summed E-state index contributed by atoms with van der Waals surface area (Å²) in [5.41, 5.74) is 3.39. The number of hydrogen-bond acceptors (Lipinski definition) is 4. The van der Waals surface area contributed by atoms with Crippen LogP contribution in [0.5, 0.6) is 0 Å². The van der Waals surface area contributed by atoms with Gasteiger partial charge in [0, 0.05) is 25.7 Å². The summed E-state index contributed by atoms with van der Waals surface area (Å²) in [6.45, 7) is 7.08. The molecule has 1 aliphatic rings. The van der Waals surface area contributed by atoms with Gasteiger partial charge in [-0.1, -0.05) is 6.92 Å². The maximum atomic E-state index is 4.23. The average Bonchev–Trinajstić information content (AvgIpc) is 3.13. The topological polar surface area (TPSA) is 49.8 Å². The normalized spacial score (nSPS) is 15.2. The van der Waals surface area contributed by atoms with E-state index < -0.39 is 0 Å². The van der Waals surface area contributed by atoms with Gasteiger partial charge in [0.25, 0.3) is 0 Å². The lowest BCUT2D eigenvalue weighted by Crippen LogP contribution is -2.28. The van der Waals surface area contributed by atoms with E-state index in [1.807, 2.05) is 6.92 Å². The van der Waals surface area contributed by atoms with Crippen molar-refractivity contribution < 1.29 is 0 Å². The van der Waals surface area contributed by atoms with E-state index in [0.717, 1.165) is 43.5 Å². The Kier molecular flexibility index (Phi) is 4.45. The van der Waals surface area contributed by atoms with Crippen LogP contribution in [-0.2, 0) is 13.0 Å². The molecule has 1 fully saturated rings. The van der Waals surface area contributed by atoms with Crippen LogP contribution < -0.4 is 10.6 Å². The van der Waals surface area contributed by atoms with Crippen LogP contribution in [0.4, 0.5) is 0 Å². The minimum atomic E-state index is 0.799. The molecule has 1 aromatic rings. The predicted octanol–water partition coefficient (Wildman–Crippen LogP) is 1.19. The molecule has 0 atom stereocenters. The first-order chi connectivity index (χ1) is 8.29. The molecular formula is C13H22N4. The second kappa shape index (κ2) is 6.07. The highest BCUT2D eigenvalue weighted by molar-refractivity contribution is 5.20. The van der Waals surface area contributed by atoms with Crippen LogP contribution in [0.1, 0.15) is 36.7 Å². The Morgan fingerprint density at radius 3 is 2.82 bits per heavy atom. The first-order valence-corrected chi connectivity index (χ1v) is 6.55. The number of aryl methyl sites for hydroxylation is 2. The van der Waals surface area contributed by atoms with E-state index in [1.165, 1.54) is 18.4 Å². The predicted molar refractivity (Wildman–Crippen MR) is 68.9 cm³/mol. The summed E-state index contributed by atoms with van der Waals surface area (Å²) >= 11 is 0. The summed E-state index contributed by atoms with van der Waals surface area (Å²) in [6.07, 6.45) is 3.66. The first kappa shape index (κ1) is 12.5. The molecule has 0 unspecified atom stereocenters. The van der Waals surface area contributed by atoms with Gasteiger partial charge < -0.3 is 10.6 Å². The van der Waals surface area contributed by atoms with E-state index in [1.54, 1.807) is 0 Å². The highest BCUT2D eigenvalue weighted by Crippen LogP contribution is 2.17. The van der Waals surface area contributed by atoms with Crippen molar-refractivity contribution in [3.05, 3.63) is 23.0 Å². The molecule has 0 aliphatic heterocycles. The van der Waals surface area contributed by atoms with Crippen molar-refractivity contribution in [2.24, 2.45) is 0 Å². The molecule has 2 rings (SSSR count). The number of rotatable bonds is 7. The van der Waals surface area contributed by atoms with Crippen molar-refractivity contribution in [3.8, 4) is 0 Å². The third-order valence-electron chi connectivity index (χ3n) is 3.04. The summed E-state index contributed by atoms with van der Waals surface area (Å²) < 4.78 is 0. The molecule has 0 aromatic carbocycles. The second-order valence-corrected chi connectivity index (χ2v) is 4.72. The molecule has 0 bridgehead atoms. The summed E-state index contributed by atoms with van der Waals surface area (Å²) in [5, 5.41) is 15.3. The van der Waals surface area contributed by atoms with E-state index in [0.29, 0.717) is 0 Å². The molecule has 4 heteroatoms. The Morgan fingerprint density at radius 1 is 1.29 bits per heavy atom. The van der Waals surface area contributed by atoms with Gasteiger partial charge in [0.15, 0.2) is 0 Å². The van der Waals surface area contributed by atoms with Gasteiger partial charge in [-0.05, 0) is 37.8 Å². The summed E-state index contributed by atoms with van der Waals surface area (Å²) in [5.74, 6) is 0. The van der Waals surface area contributed by atoms with Crippen molar-refractivity contribution >= 4 is 0 Å².